The highest BCUT2D eigenvalue weighted by atomic mass is 16.6. The Morgan fingerprint density at radius 2 is 1.68 bits per heavy atom. The number of aryl methyl sites for hydroxylation is 1. The number of ether oxygens (including phenoxy) is 2. The van der Waals surface area contributed by atoms with Crippen molar-refractivity contribution in [1.82, 2.24) is 14.9 Å². The number of allylic oxidation sites excluding steroid dienone is 1. The Balaban J connectivity index is 1.06. The highest BCUT2D eigenvalue weighted by molar-refractivity contribution is 6.02. The molecule has 0 bridgehead atoms. The number of aromatic nitrogens is 2. The minimum atomic E-state index is -0.910. The third kappa shape index (κ3) is 6.97. The highest BCUT2D eigenvalue weighted by Gasteiger charge is 2.73. The molecule has 0 amide bonds. The van der Waals surface area contributed by atoms with Gasteiger partial charge in [0, 0.05) is 86.6 Å². The minimum Gasteiger partial charge on any atom is -0.392 e. The number of rotatable bonds is 10. The number of hydrogen-bond acceptors (Lipinski definition) is 8. The lowest BCUT2D eigenvalue weighted by atomic mass is 9.34. The monoisotopic (exact) mass is 932 g/mol. The van der Waals surface area contributed by atoms with Gasteiger partial charge in [0.2, 0.25) is 0 Å². The molecular formula is C58H81N3O7. The van der Waals surface area contributed by atoms with Crippen molar-refractivity contribution in [3.8, 4) is 0 Å². The van der Waals surface area contributed by atoms with E-state index in [0.717, 1.165) is 66.4 Å². The van der Waals surface area contributed by atoms with E-state index in [1.807, 2.05) is 20.9 Å². The summed E-state index contributed by atoms with van der Waals surface area (Å²) in [5, 5.41) is 41.3. The first-order chi connectivity index (χ1) is 32.2. The number of hydrogen-bond donors (Lipinski definition) is 5. The van der Waals surface area contributed by atoms with Crippen molar-refractivity contribution in [1.29, 1.82) is 0 Å². The molecule has 4 saturated carbocycles. The van der Waals surface area contributed by atoms with Gasteiger partial charge in [0.15, 0.2) is 5.78 Å². The van der Waals surface area contributed by atoms with Gasteiger partial charge < -0.3 is 39.7 Å². The molecule has 5 N–H and O–H groups in total. The Morgan fingerprint density at radius 3 is 2.38 bits per heavy atom. The first-order valence-electron chi connectivity index (χ1n) is 26.8. The fourth-order valence-corrected chi connectivity index (χ4v) is 17.5. The van der Waals surface area contributed by atoms with E-state index in [9.17, 15) is 20.1 Å². The van der Waals surface area contributed by atoms with Crippen LogP contribution >= 0.6 is 0 Å². The number of H-pyrrole nitrogens is 1. The predicted octanol–water partition coefficient (Wildman–Crippen LogP) is 9.38. The second-order valence-electron chi connectivity index (χ2n) is 25.6. The van der Waals surface area contributed by atoms with Crippen LogP contribution in [0.2, 0.25) is 0 Å². The van der Waals surface area contributed by atoms with Crippen molar-refractivity contribution < 1.29 is 34.4 Å². The Morgan fingerprint density at radius 1 is 0.941 bits per heavy atom. The summed E-state index contributed by atoms with van der Waals surface area (Å²) in [5.41, 5.74) is 6.47. The molecule has 370 valence electrons. The fourth-order valence-electron chi connectivity index (χ4n) is 17.5. The first kappa shape index (κ1) is 47.2. The highest BCUT2D eigenvalue weighted by Crippen LogP contribution is 2.76. The van der Waals surface area contributed by atoms with Crippen LogP contribution in [0, 0.1) is 44.8 Å². The summed E-state index contributed by atoms with van der Waals surface area (Å²) in [6.07, 6.45) is 15.4. The SMILES string of the molecule is CNCC[C@]1(C)C(=O)CC[C@@]2(C)[C@H]3[C@H](O)[C@@H]4Cn5cc(Cc6cc(C7CCCC7)cc(C7(O)CCOCC7)c6)c6[nH]cc(c65)CC[C@@](C)(C[C@@H](O)[C@H]5OC5(C)C)C5=C4[C@](C)(CC5=O)[C@@]3(C)CC[C@H]21. The van der Waals surface area contributed by atoms with Crippen LogP contribution in [0.3, 0.4) is 0 Å². The van der Waals surface area contributed by atoms with Crippen molar-refractivity contribution in [3.63, 3.8) is 0 Å². The molecule has 1 aromatic carbocycles. The Labute approximate surface area is 404 Å². The molecule has 6 fully saturated rings. The van der Waals surface area contributed by atoms with Crippen LogP contribution in [-0.2, 0) is 44.1 Å². The average molecular weight is 932 g/mol. The Kier molecular flexibility index (Phi) is 11.2. The lowest BCUT2D eigenvalue weighted by Gasteiger charge is -2.70. The lowest BCUT2D eigenvalue weighted by molar-refractivity contribution is -0.222. The van der Waals surface area contributed by atoms with Crippen molar-refractivity contribution in [2.24, 2.45) is 44.8 Å². The fraction of sp³-hybridized carbons (Fsp3) is 0.724. The number of epoxide rings is 1. The van der Waals surface area contributed by atoms with E-state index in [1.165, 1.54) is 47.9 Å². The van der Waals surface area contributed by atoms with Crippen molar-refractivity contribution in [2.45, 2.75) is 193 Å². The summed E-state index contributed by atoms with van der Waals surface area (Å²) < 4.78 is 14.2. The largest absolute Gasteiger partial charge is 0.392 e. The van der Waals surface area contributed by atoms with Crippen molar-refractivity contribution in [3.05, 3.63) is 69.6 Å². The Hall–Kier alpha value is -3.12. The van der Waals surface area contributed by atoms with Crippen LogP contribution in [0.15, 0.2) is 41.7 Å². The summed E-state index contributed by atoms with van der Waals surface area (Å²) in [5.74, 6) is 0.663. The summed E-state index contributed by atoms with van der Waals surface area (Å²) in [4.78, 5) is 33.3. The molecule has 0 spiro atoms. The molecule has 2 saturated heterocycles. The zero-order valence-corrected chi connectivity index (χ0v) is 42.5. The van der Waals surface area contributed by atoms with Crippen LogP contribution < -0.4 is 5.32 Å². The summed E-state index contributed by atoms with van der Waals surface area (Å²) >= 11 is 0. The standard InChI is InChI=1S/C58H81N3O7/c1-52(2)51(68-52)42(63)29-53(3)16-13-36-31-60-47-38(26-34-25-37(35-11-9-10-12-35)28-39(27-34)58(66)20-23-67-24-21-58)32-61(48(36)47)33-40-45-46(53)41(62)30-57(45,7)56(6)18-14-43-54(4,19-22-59-8)44(64)15-17-55(43,5)50(56)49(40)65/h25,27-28,31-32,35,40,42-43,49-51,59-60,63,65-66H,9-24,26,29-30,33H2,1-8H3/t40-,42-,43+,49-,50-,51-,53+,54+,55-,56+,57+/m1/s1. The number of nitrogens with one attached hydrogen (secondary N) is 2. The van der Waals surface area contributed by atoms with E-state index in [1.54, 1.807) is 0 Å². The number of carbonyl (C=O) groups excluding carboxylic acids is 2. The number of aliphatic hydroxyl groups is 3. The number of aromatic amines is 1. The number of benzene rings is 1. The van der Waals surface area contributed by atoms with Gasteiger partial charge in [-0.25, -0.2) is 0 Å². The van der Waals surface area contributed by atoms with Crippen LogP contribution in [-0.4, -0.2) is 87.2 Å². The number of carbonyl (C=O) groups is 2. The van der Waals surface area contributed by atoms with Gasteiger partial charge in [0.25, 0.3) is 0 Å². The minimum absolute atomic E-state index is 0.120. The maximum atomic E-state index is 15.4. The number of fused-ring (bicyclic) bond motifs is 4. The van der Waals surface area contributed by atoms with Gasteiger partial charge in [0.1, 0.15) is 11.9 Å². The van der Waals surface area contributed by atoms with E-state index in [4.69, 9.17) is 9.47 Å². The zero-order chi connectivity index (χ0) is 48.0. The van der Waals surface area contributed by atoms with Crippen molar-refractivity contribution in [2.75, 3.05) is 26.8 Å². The van der Waals surface area contributed by atoms with Crippen molar-refractivity contribution >= 4 is 22.6 Å². The molecule has 11 atom stereocenters. The van der Waals surface area contributed by atoms with Crippen LogP contribution in [0.4, 0.5) is 0 Å². The number of ketones is 2. The number of nitrogens with zero attached hydrogens (tertiary/aromatic N) is 1. The molecule has 3 aromatic rings. The van der Waals surface area contributed by atoms with E-state index < -0.39 is 45.1 Å². The normalized spacial score (nSPS) is 39.2. The molecule has 10 nitrogen and oxygen atoms in total. The van der Waals surface area contributed by atoms with E-state index in [-0.39, 0.29) is 35.1 Å². The van der Waals surface area contributed by atoms with Gasteiger partial charge in [-0.15, -0.1) is 0 Å². The van der Waals surface area contributed by atoms with Gasteiger partial charge in [-0.1, -0.05) is 65.7 Å². The molecule has 8 aliphatic rings. The maximum absolute atomic E-state index is 15.4. The van der Waals surface area contributed by atoms with Gasteiger partial charge >= 0.3 is 0 Å². The van der Waals surface area contributed by atoms with Gasteiger partial charge in [-0.2, -0.15) is 0 Å². The number of Topliss-reactive ketones (excluding diaryl/α,β-unsaturated/α-hetero) is 2. The topological polar surface area (TPSA) is 149 Å². The summed E-state index contributed by atoms with van der Waals surface area (Å²) in [6.45, 7) is 18.1. The molecule has 10 heteroatoms. The molecule has 0 radical (unpaired) electrons. The van der Waals surface area contributed by atoms with Gasteiger partial charge in [-0.05, 0) is 153 Å². The molecule has 11 rings (SSSR count). The second-order valence-corrected chi connectivity index (χ2v) is 25.6. The van der Waals surface area contributed by atoms with Crippen LogP contribution in [0.5, 0.6) is 0 Å². The second kappa shape index (κ2) is 16.2. The predicted molar refractivity (Wildman–Crippen MR) is 264 cm³/mol. The van der Waals surface area contributed by atoms with E-state index in [2.05, 4.69) is 80.1 Å². The quantitative estimate of drug-likeness (QED) is 0.126. The Bertz CT molecular complexity index is 2540. The van der Waals surface area contributed by atoms with E-state index in [0.29, 0.717) is 76.4 Å². The lowest BCUT2D eigenvalue weighted by Crippen LogP contribution is -2.68. The first-order valence-corrected chi connectivity index (χ1v) is 26.8. The third-order valence-electron chi connectivity index (χ3n) is 21.3. The molecule has 2 aromatic heterocycles. The van der Waals surface area contributed by atoms with E-state index >= 15 is 4.79 Å². The molecule has 68 heavy (non-hydrogen) atoms. The molecular weight excluding hydrogens is 851 g/mol. The molecule has 3 aliphatic heterocycles. The summed E-state index contributed by atoms with van der Waals surface area (Å²) in [7, 11) is 1.97. The summed E-state index contributed by atoms with van der Waals surface area (Å²) in [6, 6.07) is 6.95. The maximum Gasteiger partial charge on any atom is 0.160 e. The third-order valence-corrected chi connectivity index (χ3v) is 21.3. The zero-order valence-electron chi connectivity index (χ0n) is 42.5. The molecule has 5 aliphatic carbocycles. The van der Waals surface area contributed by atoms with Gasteiger partial charge in [-0.3, -0.25) is 9.59 Å². The average Bonchev–Trinajstić information content (AvgIpc) is 3.84. The van der Waals surface area contributed by atoms with Gasteiger partial charge in [0.05, 0.1) is 34.4 Å². The van der Waals surface area contributed by atoms with Crippen LogP contribution in [0.1, 0.15) is 172 Å². The molecule has 0 unspecified atom stereocenters. The van der Waals surface area contributed by atoms with Crippen LogP contribution in [0.25, 0.3) is 11.0 Å². The molecule has 5 heterocycles. The number of aliphatic hydroxyl groups excluding tert-OH is 2. The smallest absolute Gasteiger partial charge is 0.160 e.